The van der Waals surface area contributed by atoms with E-state index in [9.17, 15) is 82.4 Å². The summed E-state index contributed by atoms with van der Waals surface area (Å²) in [6.45, 7) is -2.82. The third kappa shape index (κ3) is 47.3. The van der Waals surface area contributed by atoms with Gasteiger partial charge in [0.2, 0.25) is 70.9 Å². The number of aliphatic hydroxyl groups is 3. The van der Waals surface area contributed by atoms with E-state index >= 15 is 0 Å². The second-order valence-corrected chi connectivity index (χ2v) is 25.4. The van der Waals surface area contributed by atoms with Crippen LogP contribution < -0.4 is 64.6 Å². The zero-order chi connectivity index (χ0) is 79.7. The summed E-state index contributed by atoms with van der Waals surface area (Å²) in [5, 5.41) is 86.5. The summed E-state index contributed by atoms with van der Waals surface area (Å²) in [4.78, 5) is 185. The molecule has 0 spiro atoms. The normalized spacial score (nSPS) is 13.1. The topological polar surface area (TPSA) is 636 Å². The molecule has 0 bridgehead atoms. The highest BCUT2D eigenvalue weighted by Crippen LogP contribution is 2.14. The number of tetrazole rings is 1. The number of primary amides is 2. The van der Waals surface area contributed by atoms with E-state index in [4.69, 9.17) is 40.6 Å². The van der Waals surface area contributed by atoms with Crippen molar-refractivity contribution in [2.75, 3.05) is 112 Å². The summed E-state index contributed by atoms with van der Waals surface area (Å²) in [6.07, 6.45) is 18.2. The van der Waals surface area contributed by atoms with E-state index in [-0.39, 0.29) is 65.1 Å². The lowest BCUT2D eigenvalue weighted by Crippen LogP contribution is -2.61. The first kappa shape index (κ1) is 94.6. The number of aromatic amines is 2. The quantitative estimate of drug-likeness (QED) is 0.0274. The maximum atomic E-state index is 13.9. The lowest BCUT2D eigenvalue weighted by Gasteiger charge is -2.26. The smallest absolute Gasteiger partial charge is 0.317 e. The molecule has 0 aliphatic carbocycles. The number of aliphatic carboxylic acids is 2. The van der Waals surface area contributed by atoms with Crippen LogP contribution >= 0.6 is 0 Å². The molecule has 42 nitrogen and oxygen atoms in total. The van der Waals surface area contributed by atoms with Crippen LogP contribution in [0.5, 0.6) is 0 Å². The Morgan fingerprint density at radius 2 is 0.907 bits per heavy atom. The van der Waals surface area contributed by atoms with Crippen LogP contribution in [-0.4, -0.2) is 298 Å². The van der Waals surface area contributed by atoms with Crippen LogP contribution in [0.3, 0.4) is 0 Å². The van der Waals surface area contributed by atoms with E-state index in [0.717, 1.165) is 37.9 Å². The minimum atomic E-state index is -1.96. The SMILES string of the molecule is C[C@H](CCCCN(CC(=O)O)CC(=O)O)NC(=O)[C@H](Cc1cnc[nH]1)NC(=O)[C@H](CCC(N)=O)NC(=O)[C@H](CO)NC(=O)[C@H](CO)NC(=O)[C@H](CCC(N)=O)NC(=O)[C@@H](CO)NC(=O)CNC(=O)COCCOCCNC(=O)COCCOCCNC(=O)CCCCCCCCCCCCCCCc1nn[nH]n1. The molecule has 0 saturated carbocycles. The number of rotatable bonds is 67. The summed E-state index contributed by atoms with van der Waals surface area (Å²) in [6, 6.07) is -11.0. The zero-order valence-corrected chi connectivity index (χ0v) is 61.5. The number of hydrogen-bond donors (Lipinski definition) is 19. The fraction of sp³-hybridized carbons (Fsp3) is 0.727. The average Bonchev–Trinajstić information content (AvgIpc) is 1.11. The number of aromatic nitrogens is 6. The van der Waals surface area contributed by atoms with Crippen molar-refractivity contribution in [3.8, 4) is 0 Å². The van der Waals surface area contributed by atoms with Crippen molar-refractivity contribution in [1.29, 1.82) is 0 Å². The highest BCUT2D eigenvalue weighted by molar-refractivity contribution is 5.98. The van der Waals surface area contributed by atoms with Crippen molar-refractivity contribution in [1.82, 2.24) is 88.7 Å². The van der Waals surface area contributed by atoms with E-state index < -0.39 is 191 Å². The number of H-pyrrole nitrogens is 2. The van der Waals surface area contributed by atoms with Crippen LogP contribution in [0, 0.1) is 0 Å². The monoisotopic (exact) mass is 1540 g/mol. The van der Waals surface area contributed by atoms with Crippen LogP contribution in [0.4, 0.5) is 0 Å². The van der Waals surface area contributed by atoms with Crippen LogP contribution in [0.1, 0.15) is 153 Å². The predicted octanol–water partition coefficient (Wildman–Crippen LogP) is -5.85. The molecule has 7 atom stereocenters. The van der Waals surface area contributed by atoms with Gasteiger partial charge in [0.15, 0.2) is 5.82 Å². The summed E-state index contributed by atoms with van der Waals surface area (Å²) in [5.41, 5.74) is 11.0. The number of ether oxygens (including phenoxy) is 4. The van der Waals surface area contributed by atoms with Gasteiger partial charge in [-0.05, 0) is 52.0 Å². The molecule has 610 valence electrons. The summed E-state index contributed by atoms with van der Waals surface area (Å²) < 4.78 is 21.4. The Balaban J connectivity index is 1.71. The number of aryl methyl sites for hydroxylation is 1. The van der Waals surface area contributed by atoms with Gasteiger partial charge in [0.1, 0.15) is 49.5 Å². The standard InChI is InChI=1S/C66H113N19O23/c1-44(17-15-16-26-85(36-59(95)96)37-60(97)98)74-63(101)48(33-45-34-69-43-73-45)78-61(99)46(20-22-52(67)89)77-65(103)50(39-87)80-66(104)51(40-88)79-62(100)47(21-23-53(68)90)76-64(102)49(38-86)75-56(92)35-72-58(94)42-108-32-30-106-28-25-71-57(93)41-107-31-29-105-27-24-70-55(91)19-14-12-10-8-6-4-2-3-5-7-9-11-13-18-54-81-83-84-82-54/h34,43-44,46-51,86-88H,2-33,35-42H2,1H3,(H2,67,89)(H2,68,90)(H,69,73)(H,70,91)(H,71,93)(H,72,94)(H,74,101)(H,75,92)(H,76,102)(H,77,103)(H,78,99)(H,79,100)(H,80,104)(H,95,96)(H,97,98)(H,81,82,83,84)/t44-,46+,47+,48+,49-,50+,51+/m1/s1. The first-order valence-electron chi connectivity index (χ1n) is 36.3. The highest BCUT2D eigenvalue weighted by atomic mass is 16.5. The largest absolute Gasteiger partial charge is 0.480 e. The minimum Gasteiger partial charge on any atom is -0.480 e. The van der Waals surface area contributed by atoms with Crippen LogP contribution in [0.25, 0.3) is 0 Å². The Hall–Kier alpha value is -9.46. The number of hydrogen-bond acceptors (Lipinski definition) is 26. The van der Waals surface area contributed by atoms with E-state index in [0.29, 0.717) is 44.5 Å². The molecule has 2 aromatic heterocycles. The van der Waals surface area contributed by atoms with Crippen molar-refractivity contribution >= 4 is 82.8 Å². The number of unbranched alkanes of at least 4 members (excludes halogenated alkanes) is 13. The Morgan fingerprint density at radius 1 is 0.472 bits per heavy atom. The molecule has 2 rings (SSSR count). The van der Waals surface area contributed by atoms with Gasteiger partial charge < -0.3 is 114 Å². The van der Waals surface area contributed by atoms with Gasteiger partial charge in [-0.3, -0.25) is 72.0 Å². The number of nitrogens with one attached hydrogen (secondary N) is 12. The van der Waals surface area contributed by atoms with E-state index in [1.54, 1.807) is 6.92 Å². The van der Waals surface area contributed by atoms with E-state index in [1.807, 2.05) is 0 Å². The molecule has 0 aliphatic heterocycles. The number of nitrogens with two attached hydrogens (primary N) is 2. The number of carboxylic acid groups (broad SMARTS) is 2. The molecule has 0 unspecified atom stereocenters. The molecule has 12 amide bonds. The number of carbonyl (C=O) groups excluding carboxylic acids is 12. The van der Waals surface area contributed by atoms with Crippen molar-refractivity contribution in [3.63, 3.8) is 0 Å². The Morgan fingerprint density at radius 3 is 1.37 bits per heavy atom. The number of aliphatic hydroxyl groups excluding tert-OH is 3. The van der Waals surface area contributed by atoms with Crippen molar-refractivity contribution in [3.05, 3.63) is 24.0 Å². The van der Waals surface area contributed by atoms with Crippen molar-refractivity contribution in [2.24, 2.45) is 11.5 Å². The first-order valence-corrected chi connectivity index (χ1v) is 36.3. The van der Waals surface area contributed by atoms with Gasteiger partial charge >= 0.3 is 11.9 Å². The molecule has 108 heavy (non-hydrogen) atoms. The van der Waals surface area contributed by atoms with Gasteiger partial charge in [-0.25, -0.2) is 4.98 Å². The second kappa shape index (κ2) is 58.6. The lowest BCUT2D eigenvalue weighted by molar-refractivity contribution is -0.142. The third-order valence-electron chi connectivity index (χ3n) is 16.2. The Kier molecular flexibility index (Phi) is 51.3. The first-order chi connectivity index (χ1) is 51.8. The maximum Gasteiger partial charge on any atom is 0.317 e. The fourth-order valence-corrected chi connectivity index (χ4v) is 10.4. The van der Waals surface area contributed by atoms with Crippen LogP contribution in [0.15, 0.2) is 12.5 Å². The molecule has 0 aromatic carbocycles. The third-order valence-corrected chi connectivity index (χ3v) is 16.2. The molecular formula is C66H113N19O23. The molecule has 21 N–H and O–H groups in total. The van der Waals surface area contributed by atoms with Gasteiger partial charge in [-0.2, -0.15) is 5.21 Å². The number of carboxylic acids is 2. The number of imidazole rings is 1. The van der Waals surface area contributed by atoms with Gasteiger partial charge in [0, 0.05) is 63.1 Å². The Labute approximate surface area is 625 Å². The van der Waals surface area contributed by atoms with Gasteiger partial charge in [-0.1, -0.05) is 82.3 Å². The van der Waals surface area contributed by atoms with Crippen molar-refractivity contribution < 1.29 is 112 Å². The summed E-state index contributed by atoms with van der Waals surface area (Å²) in [5.74, 6) is -12.5. The molecule has 0 saturated heterocycles. The molecular weight excluding hydrogens is 1430 g/mol. The van der Waals surface area contributed by atoms with Crippen molar-refractivity contribution in [2.45, 2.75) is 197 Å². The lowest BCUT2D eigenvalue weighted by atomic mass is 10.0. The van der Waals surface area contributed by atoms with E-state index in [1.165, 1.54) is 75.2 Å². The predicted molar refractivity (Wildman–Crippen MR) is 380 cm³/mol. The minimum absolute atomic E-state index is 0.0119. The average molecular weight is 1540 g/mol. The highest BCUT2D eigenvalue weighted by Gasteiger charge is 2.34. The van der Waals surface area contributed by atoms with Gasteiger partial charge in [-0.15, -0.1) is 10.2 Å². The molecule has 0 aliphatic rings. The van der Waals surface area contributed by atoms with Gasteiger partial charge in [0.05, 0.1) is 85.4 Å². The molecule has 2 heterocycles. The molecule has 42 heteroatoms. The Bertz CT molecular complexity index is 2980. The number of nitrogens with zero attached hydrogens (tertiary/aromatic N) is 5. The van der Waals surface area contributed by atoms with E-state index in [2.05, 4.69) is 83.8 Å². The van der Waals surface area contributed by atoms with Crippen LogP contribution in [0.2, 0.25) is 0 Å². The van der Waals surface area contributed by atoms with Crippen LogP contribution in [-0.2, 0) is 98.9 Å². The molecule has 0 radical (unpaired) electrons. The summed E-state index contributed by atoms with van der Waals surface area (Å²) >= 11 is 0. The number of amides is 12. The molecule has 0 fully saturated rings. The number of carbonyl (C=O) groups is 14. The van der Waals surface area contributed by atoms with Gasteiger partial charge in [0.25, 0.3) is 0 Å². The maximum absolute atomic E-state index is 13.9. The molecule has 2 aromatic rings. The fourth-order valence-electron chi connectivity index (χ4n) is 10.4. The second-order valence-electron chi connectivity index (χ2n) is 25.4. The zero-order valence-electron chi connectivity index (χ0n) is 61.5. The summed E-state index contributed by atoms with van der Waals surface area (Å²) in [7, 11) is 0.